The van der Waals surface area contributed by atoms with Gasteiger partial charge in [-0.05, 0) is 43.7 Å². The molecule has 3 rings (SSSR count). The van der Waals surface area contributed by atoms with Crippen molar-refractivity contribution in [2.75, 3.05) is 13.2 Å². The van der Waals surface area contributed by atoms with Crippen LogP contribution in [-0.2, 0) is 9.59 Å². The van der Waals surface area contributed by atoms with Crippen LogP contribution in [0.5, 0.6) is 0 Å². The number of hydrogen-bond donors (Lipinski definition) is 1. The standard InChI is InChI=1S/C20H26N2O4S2/c1-13(2)17(19(25)21-9-4-3-6-14(21)8-10-23)22-18(24)16(28-20(22)27)12-15-7-5-11-26-15/h5,7,11-14,17,23H,3-4,6,8-10H2,1-2H3. The first-order valence-corrected chi connectivity index (χ1v) is 10.9. The van der Waals surface area contributed by atoms with Gasteiger partial charge in [0.2, 0.25) is 5.91 Å². The van der Waals surface area contributed by atoms with E-state index < -0.39 is 6.04 Å². The van der Waals surface area contributed by atoms with Gasteiger partial charge in [0.15, 0.2) is 0 Å². The molecule has 1 aromatic heterocycles. The second kappa shape index (κ2) is 9.24. The van der Waals surface area contributed by atoms with Crippen molar-refractivity contribution >= 4 is 46.2 Å². The summed E-state index contributed by atoms with van der Waals surface area (Å²) in [5, 5.41) is 9.38. The van der Waals surface area contributed by atoms with E-state index in [1.54, 1.807) is 24.5 Å². The maximum absolute atomic E-state index is 13.5. The van der Waals surface area contributed by atoms with Crippen LogP contribution in [0.1, 0.15) is 45.3 Å². The normalized spacial score (nSPS) is 23.1. The number of nitrogens with zero attached hydrogens (tertiary/aromatic N) is 2. The fourth-order valence-corrected chi connectivity index (χ4v) is 5.14. The van der Waals surface area contributed by atoms with Crippen LogP contribution in [0.4, 0.5) is 0 Å². The number of piperidine rings is 1. The van der Waals surface area contributed by atoms with E-state index >= 15 is 0 Å². The van der Waals surface area contributed by atoms with Gasteiger partial charge < -0.3 is 14.4 Å². The van der Waals surface area contributed by atoms with Crippen LogP contribution < -0.4 is 0 Å². The zero-order valence-electron chi connectivity index (χ0n) is 16.2. The highest BCUT2D eigenvalue weighted by atomic mass is 32.2. The SMILES string of the molecule is CC(C)C(C(=O)N1CCCCC1CCO)N1C(=O)C(=Cc2ccco2)SC1=S. The fourth-order valence-electron chi connectivity index (χ4n) is 3.83. The molecule has 8 heteroatoms. The quantitative estimate of drug-likeness (QED) is 0.560. The Morgan fingerprint density at radius 1 is 1.46 bits per heavy atom. The van der Waals surface area contributed by atoms with Gasteiger partial charge in [0.25, 0.3) is 5.91 Å². The van der Waals surface area contributed by atoms with Gasteiger partial charge in [-0.1, -0.05) is 37.8 Å². The Hall–Kier alpha value is -1.64. The molecule has 6 nitrogen and oxygen atoms in total. The van der Waals surface area contributed by atoms with Gasteiger partial charge in [-0.15, -0.1) is 0 Å². The van der Waals surface area contributed by atoms with Crippen molar-refractivity contribution in [3.63, 3.8) is 0 Å². The van der Waals surface area contributed by atoms with Crippen LogP contribution in [0.25, 0.3) is 6.08 Å². The zero-order valence-corrected chi connectivity index (χ0v) is 17.8. The zero-order chi connectivity index (χ0) is 20.3. The number of likely N-dealkylation sites (tertiary alicyclic amines) is 1. The Morgan fingerprint density at radius 3 is 2.89 bits per heavy atom. The summed E-state index contributed by atoms with van der Waals surface area (Å²) in [5.41, 5.74) is 0. The molecule has 2 saturated heterocycles. The number of amides is 2. The van der Waals surface area contributed by atoms with Crippen LogP contribution in [-0.4, -0.2) is 56.3 Å². The molecule has 2 aliphatic heterocycles. The number of aliphatic hydroxyl groups excluding tert-OH is 1. The van der Waals surface area contributed by atoms with Crippen molar-refractivity contribution in [3.05, 3.63) is 29.1 Å². The largest absolute Gasteiger partial charge is 0.465 e. The third-order valence-electron chi connectivity index (χ3n) is 5.18. The molecule has 0 spiro atoms. The van der Waals surface area contributed by atoms with Gasteiger partial charge in [-0.2, -0.15) is 0 Å². The van der Waals surface area contributed by atoms with Crippen LogP contribution in [0.3, 0.4) is 0 Å². The summed E-state index contributed by atoms with van der Waals surface area (Å²) in [5.74, 6) is 0.152. The van der Waals surface area contributed by atoms with E-state index in [1.165, 1.54) is 16.7 Å². The molecule has 0 radical (unpaired) electrons. The minimum Gasteiger partial charge on any atom is -0.465 e. The minimum atomic E-state index is -0.644. The number of hydrogen-bond acceptors (Lipinski definition) is 6. The van der Waals surface area contributed by atoms with Gasteiger partial charge in [-0.25, -0.2) is 0 Å². The average Bonchev–Trinajstić information content (AvgIpc) is 3.26. The van der Waals surface area contributed by atoms with Crippen LogP contribution in [0.2, 0.25) is 0 Å². The molecule has 1 aromatic rings. The molecule has 2 unspecified atom stereocenters. The molecular formula is C20H26N2O4S2. The Labute approximate surface area is 174 Å². The molecule has 2 aliphatic rings. The molecule has 0 saturated carbocycles. The number of carbonyl (C=O) groups excluding carboxylic acids is 2. The lowest BCUT2D eigenvalue weighted by molar-refractivity contribution is -0.145. The molecule has 0 aliphatic carbocycles. The van der Waals surface area contributed by atoms with E-state index in [2.05, 4.69) is 0 Å². The Morgan fingerprint density at radius 2 is 2.25 bits per heavy atom. The van der Waals surface area contributed by atoms with E-state index in [1.807, 2.05) is 18.7 Å². The maximum Gasteiger partial charge on any atom is 0.267 e. The van der Waals surface area contributed by atoms with Crippen molar-refractivity contribution in [2.45, 2.75) is 51.6 Å². The van der Waals surface area contributed by atoms with E-state index in [-0.39, 0.29) is 30.4 Å². The summed E-state index contributed by atoms with van der Waals surface area (Å²) in [6, 6.07) is 2.90. The van der Waals surface area contributed by atoms with Gasteiger partial charge >= 0.3 is 0 Å². The molecule has 2 amide bonds. The number of furan rings is 1. The molecule has 2 fully saturated rings. The molecule has 0 aromatic carbocycles. The van der Waals surface area contributed by atoms with Crippen LogP contribution >= 0.6 is 24.0 Å². The predicted octanol–water partition coefficient (Wildman–Crippen LogP) is 3.27. The molecule has 1 N–H and O–H groups in total. The Balaban J connectivity index is 1.86. The number of thiocarbonyl (C=S) groups is 1. The van der Waals surface area contributed by atoms with Crippen LogP contribution in [0.15, 0.2) is 27.7 Å². The van der Waals surface area contributed by atoms with Gasteiger partial charge in [0.05, 0.1) is 11.2 Å². The van der Waals surface area contributed by atoms with Crippen molar-refractivity contribution in [1.29, 1.82) is 0 Å². The van der Waals surface area contributed by atoms with Crippen molar-refractivity contribution in [3.8, 4) is 0 Å². The lowest BCUT2D eigenvalue weighted by atomic mass is 9.95. The first-order valence-electron chi connectivity index (χ1n) is 9.66. The molecule has 28 heavy (non-hydrogen) atoms. The summed E-state index contributed by atoms with van der Waals surface area (Å²) < 4.78 is 5.70. The summed E-state index contributed by atoms with van der Waals surface area (Å²) >= 11 is 6.67. The van der Waals surface area contributed by atoms with Crippen molar-refractivity contribution in [2.24, 2.45) is 5.92 Å². The van der Waals surface area contributed by atoms with E-state index in [0.29, 0.717) is 28.0 Å². The average molecular weight is 423 g/mol. The van der Waals surface area contributed by atoms with E-state index in [9.17, 15) is 14.7 Å². The fraction of sp³-hybridized carbons (Fsp3) is 0.550. The lowest BCUT2D eigenvalue weighted by Crippen LogP contribution is -2.56. The van der Waals surface area contributed by atoms with Gasteiger partial charge in [0, 0.05) is 25.3 Å². The Kier molecular flexibility index (Phi) is 6.95. The predicted molar refractivity (Wildman–Crippen MR) is 113 cm³/mol. The smallest absolute Gasteiger partial charge is 0.267 e. The highest BCUT2D eigenvalue weighted by molar-refractivity contribution is 8.26. The minimum absolute atomic E-state index is 0.0181. The third kappa shape index (κ3) is 4.34. The highest BCUT2D eigenvalue weighted by Gasteiger charge is 2.44. The summed E-state index contributed by atoms with van der Waals surface area (Å²) in [7, 11) is 0. The van der Waals surface area contributed by atoms with Crippen LogP contribution in [0, 0.1) is 5.92 Å². The second-order valence-electron chi connectivity index (χ2n) is 7.45. The van der Waals surface area contributed by atoms with E-state index in [4.69, 9.17) is 16.6 Å². The number of rotatable bonds is 6. The number of thioether (sulfide) groups is 1. The summed E-state index contributed by atoms with van der Waals surface area (Å²) in [4.78, 5) is 30.3. The second-order valence-corrected chi connectivity index (χ2v) is 9.13. The molecule has 3 heterocycles. The van der Waals surface area contributed by atoms with Crippen molar-refractivity contribution in [1.82, 2.24) is 9.80 Å². The first kappa shape index (κ1) is 21.1. The molecular weight excluding hydrogens is 396 g/mol. The molecule has 2 atom stereocenters. The molecule has 152 valence electrons. The first-order chi connectivity index (χ1) is 13.4. The van der Waals surface area contributed by atoms with Gasteiger partial charge in [0.1, 0.15) is 16.1 Å². The molecule has 0 bridgehead atoms. The monoisotopic (exact) mass is 422 g/mol. The Bertz CT molecular complexity index is 758. The number of carbonyl (C=O) groups is 2. The van der Waals surface area contributed by atoms with Gasteiger partial charge in [-0.3, -0.25) is 14.5 Å². The summed E-state index contributed by atoms with van der Waals surface area (Å²) in [6.45, 7) is 4.57. The highest BCUT2D eigenvalue weighted by Crippen LogP contribution is 2.36. The van der Waals surface area contributed by atoms with Crippen molar-refractivity contribution < 1.29 is 19.1 Å². The topological polar surface area (TPSA) is 74.0 Å². The number of aliphatic hydroxyl groups is 1. The van der Waals surface area contributed by atoms with E-state index in [0.717, 1.165) is 19.3 Å². The maximum atomic E-state index is 13.5. The third-order valence-corrected chi connectivity index (χ3v) is 6.51. The lowest BCUT2D eigenvalue weighted by Gasteiger charge is -2.40. The summed E-state index contributed by atoms with van der Waals surface area (Å²) in [6.07, 6.45) is 6.64.